The van der Waals surface area contributed by atoms with Crippen molar-refractivity contribution < 1.29 is 19.3 Å². The van der Waals surface area contributed by atoms with E-state index in [2.05, 4.69) is 0 Å². The average molecular weight is 261 g/mol. The highest BCUT2D eigenvalue weighted by atomic mass is 35.5. The van der Waals surface area contributed by atoms with Crippen LogP contribution in [0.5, 0.6) is 0 Å². The van der Waals surface area contributed by atoms with E-state index in [9.17, 15) is 9.50 Å². The van der Waals surface area contributed by atoms with Gasteiger partial charge in [0.05, 0.1) is 18.8 Å². The molecule has 1 unspecified atom stereocenters. The largest absolute Gasteiger partial charge is 0.394 e. The van der Waals surface area contributed by atoms with Crippen LogP contribution in [0.4, 0.5) is 4.39 Å². The smallest absolute Gasteiger partial charge is 0.130 e. The maximum atomic E-state index is 13.7. The minimum atomic E-state index is -0.764. The van der Waals surface area contributed by atoms with Gasteiger partial charge >= 0.3 is 0 Å². The van der Waals surface area contributed by atoms with Gasteiger partial charge in [0.1, 0.15) is 11.9 Å². The van der Waals surface area contributed by atoms with Gasteiger partial charge in [-0.3, -0.25) is 0 Å². The number of aliphatic hydroxyl groups excluding tert-OH is 2. The summed E-state index contributed by atoms with van der Waals surface area (Å²) in [5, 5.41) is 18.9. The lowest BCUT2D eigenvalue weighted by Gasteiger charge is -2.14. The SMILES string of the molecule is Cc1cc([C@H]2CC(O)[C@@H](CO)O2)c(F)cc1Cl. The molecular weight excluding hydrogens is 247 g/mol. The Morgan fingerprint density at radius 1 is 1.53 bits per heavy atom. The Hall–Kier alpha value is -0.680. The first-order chi connectivity index (χ1) is 8.02. The van der Waals surface area contributed by atoms with E-state index in [1.807, 2.05) is 0 Å². The topological polar surface area (TPSA) is 49.7 Å². The molecule has 0 bridgehead atoms. The second kappa shape index (κ2) is 4.90. The number of benzene rings is 1. The van der Waals surface area contributed by atoms with Crippen LogP contribution in [0.1, 0.15) is 23.7 Å². The minimum Gasteiger partial charge on any atom is -0.394 e. The van der Waals surface area contributed by atoms with Crippen LogP contribution in [0.3, 0.4) is 0 Å². The number of hydrogen-bond acceptors (Lipinski definition) is 3. The van der Waals surface area contributed by atoms with E-state index in [1.54, 1.807) is 13.0 Å². The predicted octanol–water partition coefficient (Wildman–Crippen LogP) is 1.97. The van der Waals surface area contributed by atoms with Gasteiger partial charge in [-0.25, -0.2) is 4.39 Å². The first-order valence-corrected chi connectivity index (χ1v) is 5.80. The molecule has 1 aromatic rings. The minimum absolute atomic E-state index is 0.272. The Labute approximate surface area is 104 Å². The third-order valence-electron chi connectivity index (χ3n) is 3.03. The zero-order valence-electron chi connectivity index (χ0n) is 9.36. The van der Waals surface area contributed by atoms with Crippen LogP contribution in [0.25, 0.3) is 0 Å². The monoisotopic (exact) mass is 260 g/mol. The van der Waals surface area contributed by atoms with Crippen molar-refractivity contribution in [2.24, 2.45) is 0 Å². The number of ether oxygens (including phenoxy) is 1. The Balaban J connectivity index is 2.27. The summed E-state index contributed by atoms with van der Waals surface area (Å²) in [6.07, 6.45) is -1.66. The fraction of sp³-hybridized carbons (Fsp3) is 0.500. The highest BCUT2D eigenvalue weighted by Crippen LogP contribution is 2.35. The van der Waals surface area contributed by atoms with Crippen molar-refractivity contribution in [3.8, 4) is 0 Å². The zero-order chi connectivity index (χ0) is 12.6. The first-order valence-electron chi connectivity index (χ1n) is 5.43. The molecule has 1 saturated heterocycles. The number of aryl methyl sites for hydroxylation is 1. The van der Waals surface area contributed by atoms with Crippen LogP contribution in [0, 0.1) is 12.7 Å². The summed E-state index contributed by atoms with van der Waals surface area (Å²) in [7, 11) is 0. The van der Waals surface area contributed by atoms with Crippen molar-refractivity contribution in [2.45, 2.75) is 31.7 Å². The summed E-state index contributed by atoms with van der Waals surface area (Å²) in [5.74, 6) is -0.448. The number of hydrogen-bond donors (Lipinski definition) is 2. The van der Waals surface area contributed by atoms with Gasteiger partial charge in [-0.1, -0.05) is 11.6 Å². The standard InChI is InChI=1S/C12H14ClFO3/c1-6-2-7(9(14)3-8(6)13)11-4-10(16)12(5-15)17-11/h2-3,10-12,15-16H,4-5H2,1H3/t10?,11-,12-/m1/s1. The van der Waals surface area contributed by atoms with Crippen molar-refractivity contribution in [1.29, 1.82) is 0 Å². The molecule has 0 aliphatic carbocycles. The molecule has 1 heterocycles. The van der Waals surface area contributed by atoms with Gasteiger partial charge in [-0.2, -0.15) is 0 Å². The Morgan fingerprint density at radius 3 is 2.82 bits per heavy atom. The lowest BCUT2D eigenvalue weighted by molar-refractivity contribution is -0.0233. The van der Waals surface area contributed by atoms with E-state index in [0.717, 1.165) is 5.56 Å². The van der Waals surface area contributed by atoms with E-state index in [-0.39, 0.29) is 13.0 Å². The van der Waals surface area contributed by atoms with Crippen molar-refractivity contribution in [1.82, 2.24) is 0 Å². The van der Waals surface area contributed by atoms with Gasteiger partial charge in [0.2, 0.25) is 0 Å². The fourth-order valence-corrected chi connectivity index (χ4v) is 2.17. The van der Waals surface area contributed by atoms with Crippen molar-refractivity contribution in [3.05, 3.63) is 34.1 Å². The van der Waals surface area contributed by atoms with Crippen molar-refractivity contribution in [3.63, 3.8) is 0 Å². The molecule has 1 fully saturated rings. The number of aliphatic hydroxyl groups is 2. The van der Waals surface area contributed by atoms with Crippen molar-refractivity contribution >= 4 is 11.6 Å². The third-order valence-corrected chi connectivity index (χ3v) is 3.44. The molecule has 1 aliphatic heterocycles. The summed E-state index contributed by atoms with van der Waals surface area (Å²) in [4.78, 5) is 0. The summed E-state index contributed by atoms with van der Waals surface area (Å²) >= 11 is 5.81. The molecule has 17 heavy (non-hydrogen) atoms. The van der Waals surface area contributed by atoms with E-state index in [0.29, 0.717) is 10.6 Å². The molecule has 0 spiro atoms. The van der Waals surface area contributed by atoms with Gasteiger partial charge in [-0.15, -0.1) is 0 Å². The maximum absolute atomic E-state index is 13.7. The lowest BCUT2D eigenvalue weighted by atomic mass is 10.0. The molecule has 94 valence electrons. The van der Waals surface area contributed by atoms with Crippen LogP contribution >= 0.6 is 11.6 Å². The predicted molar refractivity (Wildman–Crippen MR) is 61.5 cm³/mol. The van der Waals surface area contributed by atoms with E-state index in [4.69, 9.17) is 21.4 Å². The number of rotatable bonds is 2. The number of halogens is 2. The first kappa shape index (κ1) is 12.8. The van der Waals surface area contributed by atoms with Crippen LogP contribution in [0.15, 0.2) is 12.1 Å². The highest BCUT2D eigenvalue weighted by Gasteiger charge is 2.35. The molecule has 3 nitrogen and oxygen atoms in total. The summed E-state index contributed by atoms with van der Waals surface area (Å²) in [6.45, 7) is 1.51. The van der Waals surface area contributed by atoms with Crippen LogP contribution < -0.4 is 0 Å². The van der Waals surface area contributed by atoms with Gasteiger partial charge in [0.25, 0.3) is 0 Å². The van der Waals surface area contributed by atoms with Crippen LogP contribution in [-0.4, -0.2) is 29.0 Å². The Morgan fingerprint density at radius 2 is 2.24 bits per heavy atom. The quantitative estimate of drug-likeness (QED) is 0.855. The summed E-state index contributed by atoms with van der Waals surface area (Å²) < 4.78 is 19.1. The molecule has 3 atom stereocenters. The van der Waals surface area contributed by atoms with E-state index >= 15 is 0 Å². The fourth-order valence-electron chi connectivity index (χ4n) is 2.02. The molecular formula is C12H14ClFO3. The van der Waals surface area contributed by atoms with Crippen LogP contribution in [-0.2, 0) is 4.74 Å². The van der Waals surface area contributed by atoms with Gasteiger partial charge < -0.3 is 14.9 Å². The second-order valence-corrected chi connectivity index (χ2v) is 4.68. The van der Waals surface area contributed by atoms with E-state index in [1.165, 1.54) is 6.07 Å². The van der Waals surface area contributed by atoms with Crippen molar-refractivity contribution in [2.75, 3.05) is 6.61 Å². The lowest BCUT2D eigenvalue weighted by Crippen LogP contribution is -2.24. The molecule has 0 amide bonds. The third kappa shape index (κ3) is 2.45. The maximum Gasteiger partial charge on any atom is 0.130 e. The molecule has 0 saturated carbocycles. The molecule has 0 radical (unpaired) electrons. The summed E-state index contributed by atoms with van der Waals surface area (Å²) in [5.41, 5.74) is 1.13. The average Bonchev–Trinajstić information content (AvgIpc) is 2.65. The molecule has 2 rings (SSSR count). The summed E-state index contributed by atoms with van der Waals surface area (Å²) in [6, 6.07) is 2.86. The molecule has 1 aliphatic rings. The van der Waals surface area contributed by atoms with Crippen LogP contribution in [0.2, 0.25) is 5.02 Å². The Bertz CT molecular complexity index is 424. The molecule has 5 heteroatoms. The zero-order valence-corrected chi connectivity index (χ0v) is 10.1. The highest BCUT2D eigenvalue weighted by molar-refractivity contribution is 6.31. The second-order valence-electron chi connectivity index (χ2n) is 4.27. The molecule has 1 aromatic carbocycles. The van der Waals surface area contributed by atoms with Gasteiger partial charge in [0.15, 0.2) is 0 Å². The Kier molecular flexibility index (Phi) is 3.68. The molecule has 2 N–H and O–H groups in total. The normalized spacial score (nSPS) is 28.6. The van der Waals surface area contributed by atoms with Gasteiger partial charge in [0, 0.05) is 17.0 Å². The molecule has 0 aromatic heterocycles. The van der Waals surface area contributed by atoms with E-state index < -0.39 is 24.1 Å². The van der Waals surface area contributed by atoms with Gasteiger partial charge in [-0.05, 0) is 24.6 Å².